The van der Waals surface area contributed by atoms with Crippen molar-refractivity contribution in [1.29, 1.82) is 0 Å². The van der Waals surface area contributed by atoms with Gasteiger partial charge in [-0.05, 0) is 19.1 Å². The van der Waals surface area contributed by atoms with Crippen LogP contribution in [0, 0.1) is 12.7 Å². The largest absolute Gasteiger partial charge is 0.455 e. The molecule has 1 amide bonds. The molecule has 6 nitrogen and oxygen atoms in total. The van der Waals surface area contributed by atoms with Crippen molar-refractivity contribution in [3.05, 3.63) is 47.7 Å². The van der Waals surface area contributed by atoms with E-state index in [9.17, 15) is 17.6 Å². The van der Waals surface area contributed by atoms with Crippen molar-refractivity contribution < 1.29 is 22.0 Å². The van der Waals surface area contributed by atoms with Crippen molar-refractivity contribution in [2.75, 3.05) is 5.32 Å². The van der Waals surface area contributed by atoms with Crippen LogP contribution >= 0.6 is 0 Å². The van der Waals surface area contributed by atoms with Crippen LogP contribution in [0.4, 0.5) is 10.1 Å². The second kappa shape index (κ2) is 5.06. The number of sulfonamides is 1. The lowest BCUT2D eigenvalue weighted by molar-refractivity contribution is 0.0995. The van der Waals surface area contributed by atoms with Crippen molar-refractivity contribution in [2.45, 2.75) is 11.8 Å². The second-order valence-electron chi connectivity index (χ2n) is 4.01. The average Bonchev–Trinajstić information content (AvgIpc) is 2.74. The first kappa shape index (κ1) is 14.2. The molecule has 0 aliphatic heterocycles. The molecule has 0 radical (unpaired) electrons. The van der Waals surface area contributed by atoms with Gasteiger partial charge in [-0.3, -0.25) is 4.79 Å². The van der Waals surface area contributed by atoms with E-state index in [1.54, 1.807) is 6.07 Å². The van der Waals surface area contributed by atoms with E-state index in [2.05, 4.69) is 5.32 Å². The van der Waals surface area contributed by atoms with Gasteiger partial charge in [0.15, 0.2) is 5.76 Å². The Morgan fingerprint density at radius 3 is 2.55 bits per heavy atom. The number of hydrogen-bond acceptors (Lipinski definition) is 4. The van der Waals surface area contributed by atoms with Crippen LogP contribution in [0.15, 0.2) is 39.6 Å². The van der Waals surface area contributed by atoms with E-state index in [1.807, 2.05) is 0 Å². The third-order valence-corrected chi connectivity index (χ3v) is 3.54. The van der Waals surface area contributed by atoms with Gasteiger partial charge in [-0.15, -0.1) is 0 Å². The fraction of sp³-hybridized carbons (Fsp3) is 0.0833. The van der Waals surface area contributed by atoms with Crippen molar-refractivity contribution in [3.8, 4) is 0 Å². The minimum atomic E-state index is -3.98. The number of anilines is 1. The van der Waals surface area contributed by atoms with E-state index in [0.717, 1.165) is 6.07 Å². The molecule has 0 saturated carbocycles. The summed E-state index contributed by atoms with van der Waals surface area (Å²) in [5.74, 6) is -1.66. The fourth-order valence-electron chi connectivity index (χ4n) is 1.61. The number of nitrogens with one attached hydrogen (secondary N) is 1. The summed E-state index contributed by atoms with van der Waals surface area (Å²) < 4.78 is 40.9. The summed E-state index contributed by atoms with van der Waals surface area (Å²) >= 11 is 0. The van der Waals surface area contributed by atoms with E-state index in [-0.39, 0.29) is 22.1 Å². The van der Waals surface area contributed by atoms with Crippen LogP contribution in [0.3, 0.4) is 0 Å². The van der Waals surface area contributed by atoms with E-state index in [1.165, 1.54) is 25.1 Å². The Hall–Kier alpha value is -2.19. The number of benzene rings is 1. The summed E-state index contributed by atoms with van der Waals surface area (Å²) in [5, 5.41) is 7.24. The number of aryl methyl sites for hydroxylation is 1. The SMILES string of the molecule is Cc1oc(C(=O)Nc2ccccc2F)cc1S(N)(=O)=O. The molecule has 1 aromatic heterocycles. The predicted molar refractivity (Wildman–Crippen MR) is 69.2 cm³/mol. The molecule has 0 unspecified atom stereocenters. The first-order valence-corrected chi connectivity index (χ1v) is 7.03. The Balaban J connectivity index is 2.30. The molecule has 20 heavy (non-hydrogen) atoms. The van der Waals surface area contributed by atoms with Gasteiger partial charge in [-0.2, -0.15) is 0 Å². The summed E-state index contributed by atoms with van der Waals surface area (Å²) in [6, 6.07) is 6.56. The highest BCUT2D eigenvalue weighted by atomic mass is 32.2. The molecule has 0 saturated heterocycles. The Morgan fingerprint density at radius 2 is 2.00 bits per heavy atom. The highest BCUT2D eigenvalue weighted by molar-refractivity contribution is 7.89. The number of rotatable bonds is 3. The zero-order chi connectivity index (χ0) is 14.9. The molecule has 2 rings (SSSR count). The third-order valence-electron chi connectivity index (χ3n) is 2.52. The zero-order valence-electron chi connectivity index (χ0n) is 10.4. The first-order chi connectivity index (χ1) is 9.29. The Labute approximate surface area is 114 Å². The molecule has 0 spiro atoms. The van der Waals surface area contributed by atoms with Crippen molar-refractivity contribution >= 4 is 21.6 Å². The molecule has 1 aromatic carbocycles. The van der Waals surface area contributed by atoms with Crippen LogP contribution in [0.1, 0.15) is 16.3 Å². The lowest BCUT2D eigenvalue weighted by atomic mass is 10.3. The fourth-order valence-corrected chi connectivity index (χ4v) is 2.32. The standard InChI is InChI=1S/C12H11FN2O4S/c1-7-11(20(14,17)18)6-10(19-7)12(16)15-9-5-3-2-4-8(9)13/h2-6H,1H3,(H,15,16)(H2,14,17,18). The van der Waals surface area contributed by atoms with Gasteiger partial charge in [0.2, 0.25) is 10.0 Å². The summed E-state index contributed by atoms with van der Waals surface area (Å²) in [6.45, 7) is 1.36. The minimum Gasteiger partial charge on any atom is -0.455 e. The molecule has 0 bridgehead atoms. The smallest absolute Gasteiger partial charge is 0.291 e. The van der Waals surface area contributed by atoms with E-state index >= 15 is 0 Å². The second-order valence-corrected chi connectivity index (χ2v) is 5.54. The lowest BCUT2D eigenvalue weighted by Gasteiger charge is -2.03. The maximum absolute atomic E-state index is 13.4. The van der Waals surface area contributed by atoms with Gasteiger partial charge in [0, 0.05) is 6.07 Å². The van der Waals surface area contributed by atoms with Gasteiger partial charge in [0.25, 0.3) is 5.91 Å². The molecule has 0 atom stereocenters. The molecule has 1 heterocycles. The summed E-state index contributed by atoms with van der Waals surface area (Å²) in [4.78, 5) is 11.6. The average molecular weight is 298 g/mol. The molecule has 0 fully saturated rings. The van der Waals surface area contributed by atoms with Gasteiger partial charge in [0.1, 0.15) is 16.5 Å². The number of primary sulfonamides is 1. The van der Waals surface area contributed by atoms with E-state index in [4.69, 9.17) is 9.56 Å². The van der Waals surface area contributed by atoms with Crippen LogP contribution < -0.4 is 10.5 Å². The van der Waals surface area contributed by atoms with Crippen molar-refractivity contribution in [3.63, 3.8) is 0 Å². The summed E-state index contributed by atoms with van der Waals surface area (Å²) in [5.41, 5.74) is -0.0382. The highest BCUT2D eigenvalue weighted by Gasteiger charge is 2.21. The molecular formula is C12H11FN2O4S. The van der Waals surface area contributed by atoms with Gasteiger partial charge in [-0.25, -0.2) is 17.9 Å². The number of halogens is 1. The number of nitrogens with two attached hydrogens (primary N) is 1. The zero-order valence-corrected chi connectivity index (χ0v) is 11.2. The van der Waals surface area contributed by atoms with Crippen LogP contribution in [0.5, 0.6) is 0 Å². The number of carbonyl (C=O) groups excluding carboxylic acids is 1. The molecule has 0 aliphatic rings. The third kappa shape index (κ3) is 2.86. The normalized spacial score (nSPS) is 11.3. The molecule has 106 valence electrons. The highest BCUT2D eigenvalue weighted by Crippen LogP contribution is 2.20. The Morgan fingerprint density at radius 1 is 1.35 bits per heavy atom. The van der Waals surface area contributed by atoms with Crippen LogP contribution in [0.25, 0.3) is 0 Å². The number of amides is 1. The lowest BCUT2D eigenvalue weighted by Crippen LogP contribution is -2.13. The topological polar surface area (TPSA) is 102 Å². The van der Waals surface area contributed by atoms with Crippen LogP contribution in [-0.4, -0.2) is 14.3 Å². The Bertz CT molecular complexity index is 768. The number of para-hydroxylation sites is 1. The van der Waals surface area contributed by atoms with Gasteiger partial charge >= 0.3 is 0 Å². The maximum Gasteiger partial charge on any atom is 0.291 e. The summed E-state index contributed by atoms with van der Waals surface area (Å²) in [7, 11) is -3.98. The van der Waals surface area contributed by atoms with Gasteiger partial charge in [-0.1, -0.05) is 12.1 Å². The van der Waals surface area contributed by atoms with Gasteiger partial charge in [0.05, 0.1) is 5.69 Å². The van der Waals surface area contributed by atoms with E-state index in [0.29, 0.717) is 0 Å². The van der Waals surface area contributed by atoms with Crippen LogP contribution in [-0.2, 0) is 10.0 Å². The number of furan rings is 1. The molecule has 0 aliphatic carbocycles. The maximum atomic E-state index is 13.4. The quantitative estimate of drug-likeness (QED) is 0.898. The van der Waals surface area contributed by atoms with Crippen LogP contribution in [0.2, 0.25) is 0 Å². The van der Waals surface area contributed by atoms with E-state index < -0.39 is 21.7 Å². The molecule has 2 aromatic rings. The van der Waals surface area contributed by atoms with Crippen molar-refractivity contribution in [1.82, 2.24) is 0 Å². The van der Waals surface area contributed by atoms with Gasteiger partial charge < -0.3 is 9.73 Å². The molecule has 8 heteroatoms. The van der Waals surface area contributed by atoms with Crippen molar-refractivity contribution in [2.24, 2.45) is 5.14 Å². The summed E-state index contributed by atoms with van der Waals surface area (Å²) in [6.07, 6.45) is 0. The minimum absolute atomic E-state index is 0.00816. The predicted octanol–water partition coefficient (Wildman–Crippen LogP) is 1.63. The monoisotopic (exact) mass is 298 g/mol. The number of carbonyl (C=O) groups is 1. The molecule has 3 N–H and O–H groups in total. The molecular weight excluding hydrogens is 287 g/mol. The Kier molecular flexibility index (Phi) is 3.60. The first-order valence-electron chi connectivity index (χ1n) is 5.48. The number of hydrogen-bond donors (Lipinski definition) is 2.